The zero-order valence-electron chi connectivity index (χ0n) is 14.1. The smallest absolute Gasteiger partial charge is 0.237 e. The number of para-hydroxylation sites is 1. The van der Waals surface area contributed by atoms with Crippen molar-refractivity contribution in [1.29, 1.82) is 0 Å². The highest BCUT2D eigenvalue weighted by atomic mass is 32.2. The standard InChI is InChI=1S/C16H18N4O3S2/c1-4-19(25(3,22)23)14-8-6-5-7-13(14)15-10-9-12-11-17-16(24(2)21)18-20(12)15/h5-11H,4H2,1-3H3. The van der Waals surface area contributed by atoms with Crippen molar-refractivity contribution in [2.75, 3.05) is 23.4 Å². The molecule has 3 aromatic rings. The fourth-order valence-corrected chi connectivity index (χ4v) is 4.10. The van der Waals surface area contributed by atoms with E-state index in [1.54, 1.807) is 29.8 Å². The lowest BCUT2D eigenvalue weighted by Gasteiger charge is -2.23. The SMILES string of the molecule is CCN(c1ccccc1-c1ccc2cnc(S(C)=O)nn12)S(C)(=O)=O. The summed E-state index contributed by atoms with van der Waals surface area (Å²) in [6.07, 6.45) is 4.30. The number of benzene rings is 1. The van der Waals surface area contributed by atoms with Gasteiger partial charge in [0.05, 0.1) is 40.2 Å². The topological polar surface area (TPSA) is 84.6 Å². The first-order valence-electron chi connectivity index (χ1n) is 7.58. The fraction of sp³-hybridized carbons (Fsp3) is 0.250. The maximum Gasteiger partial charge on any atom is 0.237 e. The minimum atomic E-state index is -3.41. The second-order valence-corrected chi connectivity index (χ2v) is 8.68. The minimum Gasteiger partial charge on any atom is -0.270 e. The molecule has 1 unspecified atom stereocenters. The van der Waals surface area contributed by atoms with Crippen LogP contribution in [0.5, 0.6) is 0 Å². The lowest BCUT2D eigenvalue weighted by molar-refractivity contribution is 0.598. The van der Waals surface area contributed by atoms with Crippen LogP contribution >= 0.6 is 0 Å². The van der Waals surface area contributed by atoms with Crippen LogP contribution in [0.1, 0.15) is 6.92 Å². The minimum absolute atomic E-state index is 0.220. The fourth-order valence-electron chi connectivity index (χ4n) is 2.71. The molecule has 1 atom stereocenters. The first-order chi connectivity index (χ1) is 11.8. The van der Waals surface area contributed by atoms with E-state index in [0.717, 1.165) is 11.1 Å². The third-order valence-corrected chi connectivity index (χ3v) is 5.73. The van der Waals surface area contributed by atoms with Gasteiger partial charge < -0.3 is 0 Å². The molecule has 9 heteroatoms. The van der Waals surface area contributed by atoms with Crippen LogP contribution in [0, 0.1) is 0 Å². The summed E-state index contributed by atoms with van der Waals surface area (Å²) in [7, 11) is -4.73. The summed E-state index contributed by atoms with van der Waals surface area (Å²) in [4.78, 5) is 4.09. The van der Waals surface area contributed by atoms with Gasteiger partial charge in [0, 0.05) is 18.4 Å². The van der Waals surface area contributed by atoms with Gasteiger partial charge in [-0.15, -0.1) is 5.10 Å². The van der Waals surface area contributed by atoms with Crippen LogP contribution in [0.25, 0.3) is 16.8 Å². The number of hydrogen-bond acceptors (Lipinski definition) is 5. The Kier molecular flexibility index (Phi) is 4.61. The normalized spacial score (nSPS) is 13.1. The van der Waals surface area contributed by atoms with Gasteiger partial charge in [0.15, 0.2) is 0 Å². The van der Waals surface area contributed by atoms with Crippen LogP contribution in [0.15, 0.2) is 47.8 Å². The van der Waals surface area contributed by atoms with Crippen LogP contribution in [-0.2, 0) is 20.8 Å². The lowest BCUT2D eigenvalue weighted by atomic mass is 10.1. The molecule has 0 spiro atoms. The second-order valence-electron chi connectivity index (χ2n) is 5.50. The Morgan fingerprint density at radius 1 is 1.20 bits per heavy atom. The molecule has 0 amide bonds. The monoisotopic (exact) mass is 378 g/mol. The average Bonchev–Trinajstić information content (AvgIpc) is 2.97. The van der Waals surface area contributed by atoms with Gasteiger partial charge in [-0.05, 0) is 25.1 Å². The molecule has 2 heterocycles. The van der Waals surface area contributed by atoms with Gasteiger partial charge in [-0.3, -0.25) is 8.51 Å². The van der Waals surface area contributed by atoms with Gasteiger partial charge in [0.1, 0.15) is 0 Å². The summed E-state index contributed by atoms with van der Waals surface area (Å²) in [5, 5.41) is 4.56. The maximum atomic E-state index is 12.1. The van der Waals surface area contributed by atoms with Crippen molar-refractivity contribution in [2.45, 2.75) is 12.1 Å². The molecule has 7 nitrogen and oxygen atoms in total. The molecule has 0 radical (unpaired) electrons. The number of nitrogens with zero attached hydrogens (tertiary/aromatic N) is 4. The van der Waals surface area contributed by atoms with Gasteiger partial charge in [-0.2, -0.15) is 0 Å². The molecule has 25 heavy (non-hydrogen) atoms. The van der Waals surface area contributed by atoms with E-state index < -0.39 is 20.8 Å². The van der Waals surface area contributed by atoms with E-state index in [0.29, 0.717) is 17.9 Å². The van der Waals surface area contributed by atoms with Crippen molar-refractivity contribution in [2.24, 2.45) is 0 Å². The number of anilines is 1. The third kappa shape index (κ3) is 3.29. The third-order valence-electron chi connectivity index (χ3n) is 3.77. The Balaban J connectivity index is 2.26. The average molecular weight is 378 g/mol. The molecule has 1 aromatic carbocycles. The van der Waals surface area contributed by atoms with E-state index in [4.69, 9.17) is 0 Å². The van der Waals surface area contributed by atoms with Crippen molar-refractivity contribution >= 4 is 32.0 Å². The van der Waals surface area contributed by atoms with E-state index in [1.807, 2.05) is 24.3 Å². The Morgan fingerprint density at radius 3 is 2.56 bits per heavy atom. The quantitative estimate of drug-likeness (QED) is 0.677. The van der Waals surface area contributed by atoms with E-state index in [2.05, 4.69) is 10.1 Å². The van der Waals surface area contributed by atoms with Crippen molar-refractivity contribution < 1.29 is 12.6 Å². The molecule has 0 fully saturated rings. The molecule has 132 valence electrons. The molecular weight excluding hydrogens is 360 g/mol. The number of rotatable bonds is 5. The summed E-state index contributed by atoms with van der Waals surface area (Å²) < 4.78 is 39.0. The summed E-state index contributed by atoms with van der Waals surface area (Å²) in [6, 6.07) is 10.9. The number of fused-ring (bicyclic) bond motifs is 1. The highest BCUT2D eigenvalue weighted by Crippen LogP contribution is 2.32. The van der Waals surface area contributed by atoms with Gasteiger partial charge in [-0.1, -0.05) is 18.2 Å². The molecule has 0 bridgehead atoms. The molecular formula is C16H18N4O3S2. The van der Waals surface area contributed by atoms with Gasteiger partial charge in [0.2, 0.25) is 15.2 Å². The molecule has 0 aliphatic heterocycles. The van der Waals surface area contributed by atoms with Crippen LogP contribution in [-0.4, -0.2) is 46.3 Å². The van der Waals surface area contributed by atoms with E-state index in [1.165, 1.54) is 16.8 Å². The Bertz CT molecular complexity index is 1060. The Morgan fingerprint density at radius 2 is 1.92 bits per heavy atom. The Hall–Kier alpha value is -2.26. The molecule has 0 N–H and O–H groups in total. The van der Waals surface area contributed by atoms with Gasteiger partial charge >= 0.3 is 0 Å². The van der Waals surface area contributed by atoms with Gasteiger partial charge in [0.25, 0.3) is 0 Å². The summed E-state index contributed by atoms with van der Waals surface area (Å²) >= 11 is 0. The van der Waals surface area contributed by atoms with Crippen LogP contribution in [0.4, 0.5) is 5.69 Å². The first kappa shape index (κ1) is 17.6. The molecule has 2 aromatic heterocycles. The number of sulfonamides is 1. The van der Waals surface area contributed by atoms with Crippen molar-refractivity contribution in [3.63, 3.8) is 0 Å². The Labute approximate surface area is 148 Å². The highest BCUT2D eigenvalue weighted by molar-refractivity contribution is 7.92. The molecule has 0 aliphatic rings. The van der Waals surface area contributed by atoms with Crippen LogP contribution < -0.4 is 4.31 Å². The molecule has 0 saturated carbocycles. The predicted octanol–water partition coefficient (Wildman–Crippen LogP) is 1.92. The van der Waals surface area contributed by atoms with Gasteiger partial charge in [-0.25, -0.2) is 17.9 Å². The van der Waals surface area contributed by atoms with Crippen LogP contribution in [0.3, 0.4) is 0 Å². The largest absolute Gasteiger partial charge is 0.270 e. The highest BCUT2D eigenvalue weighted by Gasteiger charge is 2.20. The zero-order chi connectivity index (χ0) is 18.2. The summed E-state index contributed by atoms with van der Waals surface area (Å²) in [5.41, 5.74) is 2.75. The first-order valence-corrected chi connectivity index (χ1v) is 11.0. The van der Waals surface area contributed by atoms with E-state index >= 15 is 0 Å². The zero-order valence-corrected chi connectivity index (χ0v) is 15.7. The van der Waals surface area contributed by atoms with Crippen molar-refractivity contribution in [3.8, 4) is 11.3 Å². The van der Waals surface area contributed by atoms with E-state index in [-0.39, 0.29) is 5.16 Å². The molecule has 0 aliphatic carbocycles. The molecule has 3 rings (SSSR count). The molecule has 0 saturated heterocycles. The van der Waals surface area contributed by atoms with Crippen molar-refractivity contribution in [1.82, 2.24) is 14.6 Å². The second kappa shape index (κ2) is 6.57. The van der Waals surface area contributed by atoms with E-state index in [9.17, 15) is 12.6 Å². The van der Waals surface area contributed by atoms with Crippen LogP contribution in [0.2, 0.25) is 0 Å². The lowest BCUT2D eigenvalue weighted by Crippen LogP contribution is -2.29. The maximum absolute atomic E-state index is 12.1. The number of aromatic nitrogens is 3. The number of hydrogen-bond donors (Lipinski definition) is 0. The summed E-state index contributed by atoms with van der Waals surface area (Å²) in [5.74, 6) is 0. The predicted molar refractivity (Wildman–Crippen MR) is 98.6 cm³/mol. The van der Waals surface area contributed by atoms with Crippen molar-refractivity contribution in [3.05, 3.63) is 42.6 Å². The summed E-state index contributed by atoms with van der Waals surface area (Å²) in [6.45, 7) is 2.10.